The Bertz CT molecular complexity index is 486. The van der Waals surface area contributed by atoms with E-state index < -0.39 is 0 Å². The van der Waals surface area contributed by atoms with E-state index in [0.29, 0.717) is 11.4 Å². The number of aromatic nitrogens is 2. The van der Waals surface area contributed by atoms with Gasteiger partial charge in [0.25, 0.3) is 5.91 Å². The fourth-order valence-corrected chi connectivity index (χ4v) is 3.09. The van der Waals surface area contributed by atoms with Crippen molar-refractivity contribution in [3.63, 3.8) is 0 Å². The molecule has 0 saturated heterocycles. The van der Waals surface area contributed by atoms with E-state index in [0.717, 1.165) is 18.7 Å². The van der Waals surface area contributed by atoms with Crippen molar-refractivity contribution in [3.8, 4) is 0 Å². The zero-order valence-electron chi connectivity index (χ0n) is 12.8. The van der Waals surface area contributed by atoms with Gasteiger partial charge < -0.3 is 11.1 Å². The molecule has 1 saturated carbocycles. The molecule has 5 nitrogen and oxygen atoms in total. The van der Waals surface area contributed by atoms with E-state index in [-0.39, 0.29) is 11.3 Å². The van der Waals surface area contributed by atoms with Crippen molar-refractivity contribution in [3.05, 3.63) is 11.4 Å². The first-order chi connectivity index (χ1) is 9.47. The van der Waals surface area contributed by atoms with E-state index in [4.69, 9.17) is 5.73 Å². The van der Waals surface area contributed by atoms with Crippen LogP contribution < -0.4 is 11.1 Å². The van der Waals surface area contributed by atoms with Gasteiger partial charge in [0.1, 0.15) is 5.69 Å². The Morgan fingerprint density at radius 1 is 1.40 bits per heavy atom. The third kappa shape index (κ3) is 2.97. The predicted octanol–water partition coefficient (Wildman–Crippen LogP) is 2.26. The lowest BCUT2D eigenvalue weighted by Gasteiger charge is -2.33. The topological polar surface area (TPSA) is 72.9 Å². The fourth-order valence-electron chi connectivity index (χ4n) is 3.09. The average molecular weight is 278 g/mol. The molecule has 112 valence electrons. The third-order valence-corrected chi connectivity index (χ3v) is 4.45. The van der Waals surface area contributed by atoms with Gasteiger partial charge in [0.15, 0.2) is 0 Å². The van der Waals surface area contributed by atoms with Gasteiger partial charge in [0, 0.05) is 13.6 Å². The van der Waals surface area contributed by atoms with Crippen molar-refractivity contribution in [2.45, 2.75) is 52.4 Å². The molecule has 2 rings (SSSR count). The minimum absolute atomic E-state index is 0.107. The first-order valence-corrected chi connectivity index (χ1v) is 7.56. The zero-order valence-corrected chi connectivity index (χ0v) is 12.8. The Kier molecular flexibility index (Phi) is 4.35. The summed E-state index contributed by atoms with van der Waals surface area (Å²) in [4.78, 5) is 12.3. The van der Waals surface area contributed by atoms with E-state index in [1.807, 2.05) is 6.92 Å². The van der Waals surface area contributed by atoms with Gasteiger partial charge in [0.2, 0.25) is 0 Å². The Hall–Kier alpha value is -1.52. The monoisotopic (exact) mass is 278 g/mol. The number of hydrogen-bond acceptors (Lipinski definition) is 3. The van der Waals surface area contributed by atoms with Gasteiger partial charge in [0.05, 0.1) is 11.4 Å². The highest BCUT2D eigenvalue weighted by molar-refractivity contribution is 5.98. The Morgan fingerprint density at radius 2 is 2.05 bits per heavy atom. The number of nitrogen functional groups attached to an aromatic ring is 1. The van der Waals surface area contributed by atoms with Crippen LogP contribution in [0.4, 0.5) is 5.69 Å². The molecule has 0 aromatic carbocycles. The van der Waals surface area contributed by atoms with Crippen LogP contribution in [0.25, 0.3) is 0 Å². The Labute approximate surface area is 120 Å². The summed E-state index contributed by atoms with van der Waals surface area (Å²) in [7, 11) is 1.77. The third-order valence-electron chi connectivity index (χ3n) is 4.45. The highest BCUT2D eigenvalue weighted by atomic mass is 16.2. The highest BCUT2D eigenvalue weighted by Gasteiger charge is 2.28. The lowest BCUT2D eigenvalue weighted by Crippen LogP contribution is -2.37. The summed E-state index contributed by atoms with van der Waals surface area (Å²) in [6.07, 6.45) is 6.96. The number of aryl methyl sites for hydroxylation is 2. The van der Waals surface area contributed by atoms with Crippen LogP contribution in [0.3, 0.4) is 0 Å². The minimum atomic E-state index is -0.107. The number of rotatable bonds is 4. The van der Waals surface area contributed by atoms with E-state index >= 15 is 0 Å². The summed E-state index contributed by atoms with van der Waals surface area (Å²) in [5.74, 6) is -0.107. The summed E-state index contributed by atoms with van der Waals surface area (Å²) in [5.41, 5.74) is 8.04. The number of anilines is 1. The molecule has 1 aromatic rings. The SMILES string of the molecule is CCc1nn(C)c(C(=O)NCC2(C)CCCCC2)c1N. The maximum atomic E-state index is 12.3. The maximum Gasteiger partial charge on any atom is 0.271 e. The fraction of sp³-hybridized carbons (Fsp3) is 0.733. The second kappa shape index (κ2) is 5.85. The van der Waals surface area contributed by atoms with Gasteiger partial charge in [-0.2, -0.15) is 5.10 Å². The summed E-state index contributed by atoms with van der Waals surface area (Å²) in [6, 6.07) is 0. The van der Waals surface area contributed by atoms with E-state index in [9.17, 15) is 4.79 Å². The van der Waals surface area contributed by atoms with Gasteiger partial charge in [-0.1, -0.05) is 33.1 Å². The lowest BCUT2D eigenvalue weighted by atomic mass is 9.76. The van der Waals surface area contributed by atoms with Gasteiger partial charge in [-0.05, 0) is 24.7 Å². The van der Waals surface area contributed by atoms with Crippen LogP contribution in [-0.2, 0) is 13.5 Å². The molecule has 1 fully saturated rings. The number of carbonyl (C=O) groups excluding carboxylic acids is 1. The van der Waals surface area contributed by atoms with Crippen molar-refractivity contribution >= 4 is 11.6 Å². The molecule has 0 aliphatic heterocycles. The van der Waals surface area contributed by atoms with Crippen LogP contribution in [0, 0.1) is 5.41 Å². The van der Waals surface area contributed by atoms with Crippen molar-refractivity contribution in [2.24, 2.45) is 12.5 Å². The molecule has 1 aromatic heterocycles. The molecular formula is C15H26N4O. The second-order valence-corrected chi connectivity index (χ2v) is 6.24. The number of carbonyl (C=O) groups is 1. The molecule has 0 unspecified atom stereocenters. The standard InChI is InChI=1S/C15H26N4O/c1-4-11-12(16)13(19(3)18-11)14(20)17-10-15(2)8-6-5-7-9-15/h4-10,16H2,1-3H3,(H,17,20). The Morgan fingerprint density at radius 3 is 2.60 bits per heavy atom. The number of nitrogens with zero attached hydrogens (tertiary/aromatic N) is 2. The lowest BCUT2D eigenvalue weighted by molar-refractivity contribution is 0.0910. The maximum absolute atomic E-state index is 12.3. The summed E-state index contributed by atoms with van der Waals surface area (Å²) in [5, 5.41) is 7.34. The number of hydrogen-bond donors (Lipinski definition) is 2. The first-order valence-electron chi connectivity index (χ1n) is 7.56. The van der Waals surface area contributed by atoms with Gasteiger partial charge in [-0.25, -0.2) is 0 Å². The first kappa shape index (κ1) is 14.9. The molecule has 1 amide bonds. The molecule has 0 atom stereocenters. The van der Waals surface area contributed by atoms with E-state index in [1.54, 1.807) is 11.7 Å². The summed E-state index contributed by atoms with van der Waals surface area (Å²) < 4.78 is 1.59. The predicted molar refractivity (Wildman–Crippen MR) is 80.5 cm³/mol. The van der Waals surface area contributed by atoms with Crippen LogP contribution >= 0.6 is 0 Å². The smallest absolute Gasteiger partial charge is 0.271 e. The molecule has 20 heavy (non-hydrogen) atoms. The van der Waals surface area contributed by atoms with Crippen LogP contribution in [0.1, 0.15) is 62.1 Å². The number of amides is 1. The number of nitrogens with one attached hydrogen (secondary N) is 1. The summed E-state index contributed by atoms with van der Waals surface area (Å²) in [6.45, 7) is 4.97. The van der Waals surface area contributed by atoms with Crippen molar-refractivity contribution < 1.29 is 4.79 Å². The van der Waals surface area contributed by atoms with E-state index in [2.05, 4.69) is 17.3 Å². The van der Waals surface area contributed by atoms with Crippen LogP contribution in [0.15, 0.2) is 0 Å². The van der Waals surface area contributed by atoms with Crippen molar-refractivity contribution in [2.75, 3.05) is 12.3 Å². The number of nitrogens with two attached hydrogens (primary N) is 1. The molecule has 1 aliphatic carbocycles. The van der Waals surface area contributed by atoms with Crippen molar-refractivity contribution in [1.29, 1.82) is 0 Å². The average Bonchev–Trinajstić information content (AvgIpc) is 2.72. The van der Waals surface area contributed by atoms with Gasteiger partial charge >= 0.3 is 0 Å². The van der Waals surface area contributed by atoms with Crippen molar-refractivity contribution in [1.82, 2.24) is 15.1 Å². The minimum Gasteiger partial charge on any atom is -0.395 e. The van der Waals surface area contributed by atoms with E-state index in [1.165, 1.54) is 32.1 Å². The molecular weight excluding hydrogens is 252 g/mol. The molecule has 0 spiro atoms. The molecule has 0 bridgehead atoms. The Balaban J connectivity index is 2.03. The quantitative estimate of drug-likeness (QED) is 0.887. The second-order valence-electron chi connectivity index (χ2n) is 6.24. The van der Waals surface area contributed by atoms with Crippen LogP contribution in [-0.4, -0.2) is 22.2 Å². The van der Waals surface area contributed by atoms with Gasteiger partial charge in [-0.3, -0.25) is 9.48 Å². The molecule has 1 heterocycles. The molecule has 5 heteroatoms. The van der Waals surface area contributed by atoms with Gasteiger partial charge in [-0.15, -0.1) is 0 Å². The normalized spacial score (nSPS) is 17.9. The van der Waals surface area contributed by atoms with Crippen LogP contribution in [0.2, 0.25) is 0 Å². The molecule has 1 aliphatic rings. The largest absolute Gasteiger partial charge is 0.395 e. The summed E-state index contributed by atoms with van der Waals surface area (Å²) >= 11 is 0. The highest BCUT2D eigenvalue weighted by Crippen LogP contribution is 2.35. The van der Waals surface area contributed by atoms with Crippen LogP contribution in [0.5, 0.6) is 0 Å². The molecule has 0 radical (unpaired) electrons. The zero-order chi connectivity index (χ0) is 14.8. The molecule has 3 N–H and O–H groups in total.